The number of hydrogen-bond acceptors (Lipinski definition) is 2. The molecule has 0 N–H and O–H groups in total. The first kappa shape index (κ1) is 15.9. The van der Waals surface area contributed by atoms with Crippen molar-refractivity contribution in [2.45, 2.75) is 66.6 Å². The fourth-order valence-corrected chi connectivity index (χ4v) is 2.59. The van der Waals surface area contributed by atoms with Gasteiger partial charge < -0.3 is 9.47 Å². The van der Waals surface area contributed by atoms with Gasteiger partial charge in [-0.05, 0) is 32.6 Å². The third-order valence-corrected chi connectivity index (χ3v) is 3.43. The molecular weight excluding hydrogens is 200 g/mol. The van der Waals surface area contributed by atoms with E-state index in [1.807, 2.05) is 6.92 Å². The summed E-state index contributed by atoms with van der Waals surface area (Å²) in [7, 11) is 0. The van der Waals surface area contributed by atoms with Gasteiger partial charge in [-0.15, -0.1) is 0 Å². The highest BCUT2D eigenvalue weighted by Gasteiger charge is 2.39. The molecule has 0 heterocycles. The van der Waals surface area contributed by atoms with Crippen molar-refractivity contribution in [3.63, 3.8) is 0 Å². The molecule has 0 fully saturated rings. The number of hydrogen-bond donors (Lipinski definition) is 0. The Kier molecular flexibility index (Phi) is 7.25. The smallest absolute Gasteiger partial charge is 0.0752 e. The van der Waals surface area contributed by atoms with Gasteiger partial charge in [-0.25, -0.2) is 0 Å². The average molecular weight is 230 g/mol. The molecule has 0 spiro atoms. The van der Waals surface area contributed by atoms with Crippen LogP contribution in [0.1, 0.15) is 54.9 Å². The Bertz CT molecular complexity index is 168. The molecule has 2 nitrogen and oxygen atoms in total. The first-order chi connectivity index (χ1) is 7.40. The van der Waals surface area contributed by atoms with Gasteiger partial charge in [-0.1, -0.05) is 27.7 Å². The van der Waals surface area contributed by atoms with Crippen LogP contribution in [-0.2, 0) is 9.47 Å². The van der Waals surface area contributed by atoms with Gasteiger partial charge in [0.15, 0.2) is 0 Å². The topological polar surface area (TPSA) is 18.5 Å². The highest BCUT2D eigenvalue weighted by Crippen LogP contribution is 2.35. The van der Waals surface area contributed by atoms with E-state index in [0.717, 1.165) is 19.6 Å². The molecule has 0 aliphatic rings. The molecule has 0 aromatic rings. The summed E-state index contributed by atoms with van der Waals surface area (Å²) < 4.78 is 11.8. The van der Waals surface area contributed by atoms with Crippen molar-refractivity contribution in [3.8, 4) is 0 Å². The summed E-state index contributed by atoms with van der Waals surface area (Å²) in [5.41, 5.74) is -0.0522. The van der Waals surface area contributed by atoms with E-state index in [1.54, 1.807) is 0 Å². The monoisotopic (exact) mass is 230 g/mol. The van der Waals surface area contributed by atoms with Gasteiger partial charge in [-0.2, -0.15) is 0 Å². The van der Waals surface area contributed by atoms with Crippen LogP contribution in [0, 0.1) is 11.8 Å². The fourth-order valence-electron chi connectivity index (χ4n) is 2.59. The first-order valence-corrected chi connectivity index (χ1v) is 6.66. The van der Waals surface area contributed by atoms with Gasteiger partial charge >= 0.3 is 0 Å². The largest absolute Gasteiger partial charge is 0.379 e. The van der Waals surface area contributed by atoms with Gasteiger partial charge in [0.25, 0.3) is 0 Å². The minimum Gasteiger partial charge on any atom is -0.379 e. The molecule has 0 aliphatic heterocycles. The summed E-state index contributed by atoms with van der Waals surface area (Å²) in [5.74, 6) is 1.02. The molecule has 0 rings (SSSR count). The first-order valence-electron chi connectivity index (χ1n) is 6.66. The molecule has 0 saturated heterocycles. The SMILES string of the molecule is CCOC(C)CC(OCC)(C(C)C)C(C)C. The van der Waals surface area contributed by atoms with E-state index in [1.165, 1.54) is 0 Å². The minimum atomic E-state index is -0.0522. The Balaban J connectivity index is 4.74. The molecule has 1 unspecified atom stereocenters. The Morgan fingerprint density at radius 2 is 1.38 bits per heavy atom. The maximum atomic E-state index is 6.09. The predicted octanol–water partition coefficient (Wildman–Crippen LogP) is 3.89. The van der Waals surface area contributed by atoms with Crippen molar-refractivity contribution in [1.29, 1.82) is 0 Å². The van der Waals surface area contributed by atoms with Gasteiger partial charge in [-0.3, -0.25) is 0 Å². The number of ether oxygens (including phenoxy) is 2. The maximum absolute atomic E-state index is 6.09. The van der Waals surface area contributed by atoms with E-state index in [-0.39, 0.29) is 11.7 Å². The molecule has 0 aliphatic carbocycles. The fraction of sp³-hybridized carbons (Fsp3) is 1.00. The summed E-state index contributed by atoms with van der Waals surface area (Å²) in [5, 5.41) is 0. The van der Waals surface area contributed by atoms with Crippen LogP contribution in [0.5, 0.6) is 0 Å². The Morgan fingerprint density at radius 1 is 0.875 bits per heavy atom. The average Bonchev–Trinajstić information content (AvgIpc) is 2.16. The van der Waals surface area contributed by atoms with Crippen LogP contribution in [0.15, 0.2) is 0 Å². The minimum absolute atomic E-state index is 0.0522. The lowest BCUT2D eigenvalue weighted by atomic mass is 9.76. The lowest BCUT2D eigenvalue weighted by Crippen LogP contribution is -2.46. The molecule has 1 atom stereocenters. The van der Waals surface area contributed by atoms with E-state index in [0.29, 0.717) is 11.8 Å². The van der Waals surface area contributed by atoms with Crippen molar-refractivity contribution in [1.82, 2.24) is 0 Å². The molecule has 0 aromatic carbocycles. The Labute approximate surface area is 102 Å². The van der Waals surface area contributed by atoms with E-state index >= 15 is 0 Å². The summed E-state index contributed by atoms with van der Waals surface area (Å²) in [6.45, 7) is 16.8. The third-order valence-electron chi connectivity index (χ3n) is 3.43. The lowest BCUT2D eigenvalue weighted by Gasteiger charge is -2.42. The molecule has 0 saturated carbocycles. The van der Waals surface area contributed by atoms with Gasteiger partial charge in [0.05, 0.1) is 11.7 Å². The van der Waals surface area contributed by atoms with Crippen molar-refractivity contribution < 1.29 is 9.47 Å². The second kappa shape index (κ2) is 7.29. The van der Waals surface area contributed by atoms with Gasteiger partial charge in [0.2, 0.25) is 0 Å². The van der Waals surface area contributed by atoms with Crippen LogP contribution in [0.3, 0.4) is 0 Å². The molecule has 0 bridgehead atoms. The second-order valence-corrected chi connectivity index (χ2v) is 5.17. The van der Waals surface area contributed by atoms with Crippen molar-refractivity contribution >= 4 is 0 Å². The summed E-state index contributed by atoms with van der Waals surface area (Å²) >= 11 is 0. The molecule has 16 heavy (non-hydrogen) atoms. The van der Waals surface area contributed by atoms with Crippen molar-refractivity contribution in [2.24, 2.45) is 11.8 Å². The molecule has 98 valence electrons. The Hall–Kier alpha value is -0.0800. The predicted molar refractivity (Wildman–Crippen MR) is 69.7 cm³/mol. The van der Waals surface area contributed by atoms with Gasteiger partial charge in [0, 0.05) is 19.6 Å². The van der Waals surface area contributed by atoms with Crippen LogP contribution < -0.4 is 0 Å². The summed E-state index contributed by atoms with van der Waals surface area (Å²) in [4.78, 5) is 0. The van der Waals surface area contributed by atoms with Crippen molar-refractivity contribution in [2.75, 3.05) is 13.2 Å². The lowest BCUT2D eigenvalue weighted by molar-refractivity contribution is -0.133. The zero-order valence-electron chi connectivity index (χ0n) is 12.2. The summed E-state index contributed by atoms with van der Waals surface area (Å²) in [6.07, 6.45) is 1.24. The zero-order valence-corrected chi connectivity index (χ0v) is 12.2. The van der Waals surface area contributed by atoms with Crippen molar-refractivity contribution in [3.05, 3.63) is 0 Å². The van der Waals surface area contributed by atoms with Crippen LogP contribution in [0.25, 0.3) is 0 Å². The Morgan fingerprint density at radius 3 is 1.69 bits per heavy atom. The second-order valence-electron chi connectivity index (χ2n) is 5.17. The van der Waals surface area contributed by atoms with E-state index in [2.05, 4.69) is 41.5 Å². The normalized spacial score (nSPS) is 14.8. The quantitative estimate of drug-likeness (QED) is 0.630. The van der Waals surface area contributed by atoms with E-state index < -0.39 is 0 Å². The van der Waals surface area contributed by atoms with Gasteiger partial charge in [0.1, 0.15) is 0 Å². The summed E-state index contributed by atoms with van der Waals surface area (Å²) in [6, 6.07) is 0. The van der Waals surface area contributed by atoms with E-state index in [9.17, 15) is 0 Å². The van der Waals surface area contributed by atoms with Crippen LogP contribution in [-0.4, -0.2) is 24.9 Å². The van der Waals surface area contributed by atoms with Crippen LogP contribution in [0.2, 0.25) is 0 Å². The highest BCUT2D eigenvalue weighted by atomic mass is 16.5. The van der Waals surface area contributed by atoms with E-state index in [4.69, 9.17) is 9.47 Å². The maximum Gasteiger partial charge on any atom is 0.0752 e. The molecule has 0 radical (unpaired) electrons. The zero-order chi connectivity index (χ0) is 12.8. The third kappa shape index (κ3) is 4.06. The molecule has 2 heteroatoms. The number of rotatable bonds is 8. The van der Waals surface area contributed by atoms with Crippen LogP contribution in [0.4, 0.5) is 0 Å². The standard InChI is InChI=1S/C14H30O2/c1-8-15-13(7)10-14(11(3)4,12(5)6)16-9-2/h11-13H,8-10H2,1-7H3. The molecule has 0 aromatic heterocycles. The van der Waals surface area contributed by atoms with Crippen LogP contribution >= 0.6 is 0 Å². The molecular formula is C14H30O2. The molecule has 0 amide bonds. The highest BCUT2D eigenvalue weighted by molar-refractivity contribution is 4.89.